The van der Waals surface area contributed by atoms with Gasteiger partial charge in [-0.15, -0.1) is 0 Å². The second-order valence-corrected chi connectivity index (χ2v) is 8.86. The van der Waals surface area contributed by atoms with E-state index in [9.17, 15) is 13.6 Å². The van der Waals surface area contributed by atoms with Crippen LogP contribution in [0.3, 0.4) is 0 Å². The Morgan fingerprint density at radius 1 is 0.943 bits per heavy atom. The largest absolute Gasteiger partial charge is 0.489 e. The second kappa shape index (κ2) is 12.9. The van der Waals surface area contributed by atoms with Crippen molar-refractivity contribution in [3.05, 3.63) is 83.4 Å². The summed E-state index contributed by atoms with van der Waals surface area (Å²) in [6.45, 7) is 6.57. The first-order valence-electron chi connectivity index (χ1n) is 12.2. The van der Waals surface area contributed by atoms with E-state index < -0.39 is 5.82 Å². The van der Waals surface area contributed by atoms with Gasteiger partial charge in [0.05, 0.1) is 5.69 Å². The number of carbonyl (C=O) groups is 1. The molecule has 3 rings (SSSR count). The monoisotopic (exact) mass is 480 g/mol. The van der Waals surface area contributed by atoms with Crippen molar-refractivity contribution in [2.24, 2.45) is 5.92 Å². The summed E-state index contributed by atoms with van der Waals surface area (Å²) < 4.78 is 33.2. The molecule has 0 radical (unpaired) electrons. The van der Waals surface area contributed by atoms with Crippen molar-refractivity contribution in [1.29, 1.82) is 0 Å². The molecule has 0 aliphatic heterocycles. The van der Waals surface area contributed by atoms with Crippen molar-refractivity contribution in [2.45, 2.75) is 59.5 Å². The molecule has 1 atom stereocenters. The smallest absolute Gasteiger partial charge is 0.224 e. The van der Waals surface area contributed by atoms with Gasteiger partial charge in [0.25, 0.3) is 0 Å². The van der Waals surface area contributed by atoms with Crippen LogP contribution < -0.4 is 15.4 Å². The lowest BCUT2D eigenvalue weighted by Crippen LogP contribution is -2.14. The number of nitrogens with one attached hydrogen (secondary N) is 2. The topological polar surface area (TPSA) is 50.4 Å². The Bertz CT molecular complexity index is 1120. The van der Waals surface area contributed by atoms with Crippen LogP contribution in [0.2, 0.25) is 0 Å². The SMILES string of the molecule is CCCC(CC)CCC(=O)Nc1cc(Nc2ccc(OCc3ccc(F)cc3)cc2C)ccc1F. The summed E-state index contributed by atoms with van der Waals surface area (Å²) in [5.41, 5.74) is 3.50. The molecule has 0 fully saturated rings. The Kier molecular flexibility index (Phi) is 9.65. The van der Waals surface area contributed by atoms with E-state index in [0.717, 1.165) is 42.5 Å². The highest BCUT2D eigenvalue weighted by atomic mass is 19.1. The van der Waals surface area contributed by atoms with Crippen LogP contribution in [0, 0.1) is 24.5 Å². The Morgan fingerprint density at radius 2 is 1.71 bits per heavy atom. The third-order valence-corrected chi connectivity index (χ3v) is 6.09. The van der Waals surface area contributed by atoms with E-state index >= 15 is 0 Å². The standard InChI is InChI=1S/C29H34F2N2O2/c1-4-6-21(5-2)9-16-29(34)33-28-18-24(12-14-26(28)31)32-27-15-13-25(17-20(27)3)35-19-22-7-10-23(30)11-8-22/h7-8,10-15,17-18,21,32H,4-6,9,16,19H2,1-3H3,(H,33,34). The average molecular weight is 481 g/mol. The number of anilines is 3. The highest BCUT2D eigenvalue weighted by molar-refractivity contribution is 5.91. The van der Waals surface area contributed by atoms with Gasteiger partial charge in [-0.2, -0.15) is 0 Å². The first-order chi connectivity index (χ1) is 16.9. The molecular weight excluding hydrogens is 446 g/mol. The lowest BCUT2D eigenvalue weighted by atomic mass is 9.95. The molecule has 3 aromatic rings. The van der Waals surface area contributed by atoms with Crippen molar-refractivity contribution in [3.8, 4) is 5.75 Å². The van der Waals surface area contributed by atoms with Gasteiger partial charge in [0.1, 0.15) is 24.0 Å². The van der Waals surface area contributed by atoms with Crippen LogP contribution >= 0.6 is 0 Å². The fourth-order valence-corrected chi connectivity index (χ4v) is 3.98. The van der Waals surface area contributed by atoms with Crippen LogP contribution in [0.15, 0.2) is 60.7 Å². The summed E-state index contributed by atoms with van der Waals surface area (Å²) in [4.78, 5) is 12.4. The van der Waals surface area contributed by atoms with Crippen LogP contribution in [0.4, 0.5) is 25.8 Å². The molecule has 35 heavy (non-hydrogen) atoms. The van der Waals surface area contributed by atoms with E-state index in [0.29, 0.717) is 30.4 Å². The van der Waals surface area contributed by atoms with E-state index in [2.05, 4.69) is 24.5 Å². The van der Waals surface area contributed by atoms with Gasteiger partial charge in [-0.1, -0.05) is 45.2 Å². The number of amides is 1. The highest BCUT2D eigenvalue weighted by Gasteiger charge is 2.12. The first kappa shape index (κ1) is 26.2. The minimum absolute atomic E-state index is 0.167. The molecule has 6 heteroatoms. The molecule has 4 nitrogen and oxygen atoms in total. The van der Waals surface area contributed by atoms with Crippen LogP contribution in [0.25, 0.3) is 0 Å². The average Bonchev–Trinajstić information content (AvgIpc) is 2.85. The Balaban J connectivity index is 1.60. The van der Waals surface area contributed by atoms with Gasteiger partial charge >= 0.3 is 0 Å². The molecule has 2 N–H and O–H groups in total. The number of hydrogen-bond donors (Lipinski definition) is 2. The normalized spacial score (nSPS) is 11.7. The van der Waals surface area contributed by atoms with E-state index in [1.54, 1.807) is 24.3 Å². The van der Waals surface area contributed by atoms with Crippen molar-refractivity contribution in [2.75, 3.05) is 10.6 Å². The molecule has 0 saturated heterocycles. The van der Waals surface area contributed by atoms with Gasteiger partial charge in [0.15, 0.2) is 0 Å². The van der Waals surface area contributed by atoms with Gasteiger partial charge in [0, 0.05) is 17.8 Å². The number of benzene rings is 3. The van der Waals surface area contributed by atoms with Gasteiger partial charge in [-0.3, -0.25) is 4.79 Å². The van der Waals surface area contributed by atoms with Gasteiger partial charge in [-0.25, -0.2) is 8.78 Å². The van der Waals surface area contributed by atoms with Crippen LogP contribution in [-0.2, 0) is 11.4 Å². The van der Waals surface area contributed by atoms with Crippen molar-refractivity contribution in [1.82, 2.24) is 0 Å². The second-order valence-electron chi connectivity index (χ2n) is 8.86. The first-order valence-corrected chi connectivity index (χ1v) is 12.2. The maximum absolute atomic E-state index is 14.4. The van der Waals surface area contributed by atoms with E-state index in [4.69, 9.17) is 4.74 Å². The Hall–Kier alpha value is -3.41. The van der Waals surface area contributed by atoms with Crippen LogP contribution in [-0.4, -0.2) is 5.91 Å². The van der Waals surface area contributed by atoms with Crippen molar-refractivity contribution in [3.63, 3.8) is 0 Å². The van der Waals surface area contributed by atoms with E-state index in [1.807, 2.05) is 25.1 Å². The zero-order valence-electron chi connectivity index (χ0n) is 20.7. The summed E-state index contributed by atoms with van der Waals surface area (Å²) in [6.07, 6.45) is 4.44. The maximum Gasteiger partial charge on any atom is 0.224 e. The molecule has 1 unspecified atom stereocenters. The van der Waals surface area contributed by atoms with Gasteiger partial charge in [-0.05, 0) is 78.9 Å². The fraction of sp³-hybridized carbons (Fsp3) is 0.345. The van der Waals surface area contributed by atoms with Crippen molar-refractivity contribution < 1.29 is 18.3 Å². The molecule has 0 heterocycles. The lowest BCUT2D eigenvalue weighted by molar-refractivity contribution is -0.116. The number of ether oxygens (including phenoxy) is 1. The molecule has 1 amide bonds. The highest BCUT2D eigenvalue weighted by Crippen LogP contribution is 2.28. The Labute approximate surface area is 206 Å². The summed E-state index contributed by atoms with van der Waals surface area (Å²) in [5.74, 6) is 0.299. The van der Waals surface area contributed by atoms with E-state index in [1.165, 1.54) is 18.2 Å². The zero-order valence-corrected chi connectivity index (χ0v) is 20.7. The minimum Gasteiger partial charge on any atom is -0.489 e. The minimum atomic E-state index is -0.467. The Morgan fingerprint density at radius 3 is 2.40 bits per heavy atom. The number of halogens is 2. The lowest BCUT2D eigenvalue weighted by Gasteiger charge is -2.15. The summed E-state index contributed by atoms with van der Waals surface area (Å²) >= 11 is 0. The molecule has 0 spiro atoms. The molecule has 0 saturated carbocycles. The quantitative estimate of drug-likeness (QED) is 0.275. The number of hydrogen-bond acceptors (Lipinski definition) is 3. The van der Waals surface area contributed by atoms with E-state index in [-0.39, 0.29) is 17.4 Å². The maximum atomic E-state index is 14.4. The fourth-order valence-electron chi connectivity index (χ4n) is 3.98. The summed E-state index contributed by atoms with van der Waals surface area (Å²) in [7, 11) is 0. The molecule has 3 aromatic carbocycles. The number of aryl methyl sites for hydroxylation is 1. The molecule has 186 valence electrons. The number of carbonyl (C=O) groups excluding carboxylic acids is 1. The molecule has 0 aliphatic rings. The van der Waals surface area contributed by atoms with Crippen molar-refractivity contribution >= 4 is 23.0 Å². The number of rotatable bonds is 12. The predicted molar refractivity (Wildman–Crippen MR) is 138 cm³/mol. The van der Waals surface area contributed by atoms with Crippen LogP contribution in [0.1, 0.15) is 57.1 Å². The molecular formula is C29H34F2N2O2. The summed E-state index contributed by atoms with van der Waals surface area (Å²) in [5, 5.41) is 6.00. The predicted octanol–water partition coefficient (Wildman–Crippen LogP) is 8.14. The summed E-state index contributed by atoms with van der Waals surface area (Å²) in [6, 6.07) is 16.4. The molecule has 0 bridgehead atoms. The van der Waals surface area contributed by atoms with Crippen LogP contribution in [0.5, 0.6) is 5.75 Å². The third kappa shape index (κ3) is 8.09. The molecule has 0 aliphatic carbocycles. The third-order valence-electron chi connectivity index (χ3n) is 6.09. The molecule has 0 aromatic heterocycles. The zero-order chi connectivity index (χ0) is 25.2. The van der Waals surface area contributed by atoms with Gasteiger partial charge in [0.2, 0.25) is 5.91 Å². The van der Waals surface area contributed by atoms with Gasteiger partial charge < -0.3 is 15.4 Å².